The van der Waals surface area contributed by atoms with Crippen LogP contribution in [0.1, 0.15) is 37.3 Å². The standard InChI is InChI=1S/C14H17F3/c1-2-3-6-12-7-4-8-13(11-12)9-5-10-14(15,16)17/h4-5,7-9,11H,2-3,6,10H2,1H3. The molecule has 0 aliphatic heterocycles. The summed E-state index contributed by atoms with van der Waals surface area (Å²) in [6, 6.07) is 7.67. The predicted molar refractivity (Wildman–Crippen MR) is 64.8 cm³/mol. The zero-order valence-electron chi connectivity index (χ0n) is 9.93. The van der Waals surface area contributed by atoms with Crippen LogP contribution in [-0.4, -0.2) is 6.18 Å². The molecule has 0 aliphatic rings. The Morgan fingerprint density at radius 2 is 2.00 bits per heavy atom. The Hall–Kier alpha value is -1.25. The van der Waals surface area contributed by atoms with E-state index >= 15 is 0 Å². The van der Waals surface area contributed by atoms with Gasteiger partial charge in [0.25, 0.3) is 0 Å². The van der Waals surface area contributed by atoms with Gasteiger partial charge in [-0.05, 0) is 24.0 Å². The molecule has 0 atom stereocenters. The third kappa shape index (κ3) is 6.15. The Kier molecular flexibility index (Phi) is 5.26. The van der Waals surface area contributed by atoms with E-state index in [0.717, 1.165) is 24.8 Å². The molecule has 0 bridgehead atoms. The lowest BCUT2D eigenvalue weighted by Gasteiger charge is -2.02. The van der Waals surface area contributed by atoms with E-state index in [4.69, 9.17) is 0 Å². The number of benzene rings is 1. The number of halogens is 3. The Labute approximate surface area is 100 Å². The number of hydrogen-bond donors (Lipinski definition) is 0. The molecule has 0 amide bonds. The van der Waals surface area contributed by atoms with Crippen LogP contribution in [0, 0.1) is 0 Å². The molecule has 0 unspecified atom stereocenters. The van der Waals surface area contributed by atoms with Gasteiger partial charge in [0.15, 0.2) is 0 Å². The minimum atomic E-state index is -4.11. The van der Waals surface area contributed by atoms with Crippen molar-refractivity contribution in [3.63, 3.8) is 0 Å². The van der Waals surface area contributed by atoms with E-state index in [9.17, 15) is 13.2 Å². The first-order chi connectivity index (χ1) is 8.01. The molecule has 0 saturated carbocycles. The fraction of sp³-hybridized carbons (Fsp3) is 0.429. The third-order valence-corrected chi connectivity index (χ3v) is 2.43. The Morgan fingerprint density at radius 1 is 1.24 bits per heavy atom. The summed E-state index contributed by atoms with van der Waals surface area (Å²) in [7, 11) is 0. The Bertz CT molecular complexity index is 364. The molecule has 0 heterocycles. The lowest BCUT2D eigenvalue weighted by molar-refractivity contribution is -0.124. The van der Waals surface area contributed by atoms with Gasteiger partial charge < -0.3 is 0 Å². The second kappa shape index (κ2) is 6.48. The van der Waals surface area contributed by atoms with Crippen LogP contribution in [-0.2, 0) is 6.42 Å². The maximum absolute atomic E-state index is 12.0. The first-order valence-electron chi connectivity index (χ1n) is 5.83. The average molecular weight is 242 g/mol. The molecule has 1 rings (SSSR count). The molecule has 0 nitrogen and oxygen atoms in total. The fourth-order valence-electron chi connectivity index (χ4n) is 1.56. The van der Waals surface area contributed by atoms with Crippen LogP contribution in [0.2, 0.25) is 0 Å². The molecule has 94 valence electrons. The van der Waals surface area contributed by atoms with Crippen molar-refractivity contribution >= 4 is 6.08 Å². The van der Waals surface area contributed by atoms with E-state index in [-0.39, 0.29) is 0 Å². The first kappa shape index (κ1) is 13.8. The second-order valence-electron chi connectivity index (χ2n) is 4.07. The van der Waals surface area contributed by atoms with Crippen molar-refractivity contribution in [2.24, 2.45) is 0 Å². The summed E-state index contributed by atoms with van der Waals surface area (Å²) >= 11 is 0. The van der Waals surface area contributed by atoms with Crippen molar-refractivity contribution in [2.45, 2.75) is 38.8 Å². The quantitative estimate of drug-likeness (QED) is 0.682. The summed E-state index contributed by atoms with van der Waals surface area (Å²) in [5, 5.41) is 0. The highest BCUT2D eigenvalue weighted by molar-refractivity contribution is 5.50. The van der Waals surface area contributed by atoms with E-state index in [1.54, 1.807) is 0 Å². The lowest BCUT2D eigenvalue weighted by Crippen LogP contribution is -2.03. The lowest BCUT2D eigenvalue weighted by atomic mass is 10.1. The Morgan fingerprint density at radius 3 is 2.65 bits per heavy atom. The molecule has 0 aliphatic carbocycles. The van der Waals surface area contributed by atoms with Gasteiger partial charge in [-0.2, -0.15) is 13.2 Å². The van der Waals surface area contributed by atoms with Crippen molar-refractivity contribution in [2.75, 3.05) is 0 Å². The zero-order chi connectivity index (χ0) is 12.7. The molecule has 0 radical (unpaired) electrons. The first-order valence-corrected chi connectivity index (χ1v) is 5.83. The molecule has 0 saturated heterocycles. The van der Waals surface area contributed by atoms with Gasteiger partial charge in [-0.1, -0.05) is 49.8 Å². The largest absolute Gasteiger partial charge is 0.392 e. The van der Waals surface area contributed by atoms with Crippen molar-refractivity contribution in [3.8, 4) is 0 Å². The SMILES string of the molecule is CCCCc1cccc(C=CCC(F)(F)F)c1. The highest BCUT2D eigenvalue weighted by atomic mass is 19.4. The molecule has 17 heavy (non-hydrogen) atoms. The van der Waals surface area contributed by atoms with Crippen LogP contribution < -0.4 is 0 Å². The predicted octanol–water partition coefficient (Wildman–Crippen LogP) is 4.99. The van der Waals surface area contributed by atoms with Gasteiger partial charge in [-0.15, -0.1) is 0 Å². The minimum Gasteiger partial charge on any atom is -0.171 e. The van der Waals surface area contributed by atoms with Gasteiger partial charge in [0.1, 0.15) is 0 Å². The molecular formula is C14H17F3. The number of allylic oxidation sites excluding steroid dienone is 1. The van der Waals surface area contributed by atoms with Gasteiger partial charge in [0, 0.05) is 0 Å². The molecule has 0 spiro atoms. The molecule has 3 heteroatoms. The molecule has 1 aromatic rings. The number of rotatable bonds is 5. The minimum absolute atomic E-state index is 0.836. The highest BCUT2D eigenvalue weighted by Crippen LogP contribution is 2.20. The highest BCUT2D eigenvalue weighted by Gasteiger charge is 2.24. The molecule has 0 fully saturated rings. The van der Waals surface area contributed by atoms with Crippen molar-refractivity contribution < 1.29 is 13.2 Å². The summed E-state index contributed by atoms with van der Waals surface area (Å²) < 4.78 is 35.9. The molecule has 0 aromatic heterocycles. The van der Waals surface area contributed by atoms with Gasteiger partial charge >= 0.3 is 6.18 Å². The van der Waals surface area contributed by atoms with E-state index in [1.807, 2.05) is 24.3 Å². The smallest absolute Gasteiger partial charge is 0.171 e. The topological polar surface area (TPSA) is 0 Å². The van der Waals surface area contributed by atoms with Crippen LogP contribution in [0.15, 0.2) is 30.3 Å². The van der Waals surface area contributed by atoms with Gasteiger partial charge in [-0.3, -0.25) is 0 Å². The van der Waals surface area contributed by atoms with Crippen LogP contribution in [0.4, 0.5) is 13.2 Å². The fourth-order valence-corrected chi connectivity index (χ4v) is 1.56. The average Bonchev–Trinajstić information content (AvgIpc) is 2.25. The molecule has 0 N–H and O–H groups in total. The monoisotopic (exact) mass is 242 g/mol. The third-order valence-electron chi connectivity index (χ3n) is 2.43. The summed E-state index contributed by atoms with van der Waals surface area (Å²) in [6.45, 7) is 2.12. The summed E-state index contributed by atoms with van der Waals surface area (Å²) in [6.07, 6.45) is 0.922. The number of unbranched alkanes of at least 4 members (excludes halogenated alkanes) is 1. The number of aryl methyl sites for hydroxylation is 1. The van der Waals surface area contributed by atoms with Gasteiger partial charge in [0.05, 0.1) is 6.42 Å². The van der Waals surface area contributed by atoms with Crippen molar-refractivity contribution in [3.05, 3.63) is 41.5 Å². The van der Waals surface area contributed by atoms with Gasteiger partial charge in [-0.25, -0.2) is 0 Å². The van der Waals surface area contributed by atoms with Crippen LogP contribution in [0.25, 0.3) is 6.08 Å². The van der Waals surface area contributed by atoms with E-state index in [0.29, 0.717) is 0 Å². The second-order valence-corrected chi connectivity index (χ2v) is 4.07. The summed E-state index contributed by atoms with van der Waals surface area (Å²) in [5.74, 6) is 0. The number of alkyl halides is 3. The maximum Gasteiger partial charge on any atom is 0.392 e. The summed E-state index contributed by atoms with van der Waals surface area (Å²) in [4.78, 5) is 0. The zero-order valence-corrected chi connectivity index (χ0v) is 9.93. The van der Waals surface area contributed by atoms with E-state index in [1.165, 1.54) is 17.7 Å². The van der Waals surface area contributed by atoms with Crippen LogP contribution in [0.5, 0.6) is 0 Å². The van der Waals surface area contributed by atoms with E-state index in [2.05, 4.69) is 6.92 Å². The van der Waals surface area contributed by atoms with E-state index < -0.39 is 12.6 Å². The normalized spacial score (nSPS) is 12.2. The molecular weight excluding hydrogens is 225 g/mol. The van der Waals surface area contributed by atoms with Crippen LogP contribution in [0.3, 0.4) is 0 Å². The van der Waals surface area contributed by atoms with Crippen molar-refractivity contribution in [1.82, 2.24) is 0 Å². The van der Waals surface area contributed by atoms with Crippen LogP contribution >= 0.6 is 0 Å². The number of hydrogen-bond acceptors (Lipinski definition) is 0. The maximum atomic E-state index is 12.0. The Balaban J connectivity index is 2.59. The molecule has 1 aromatic carbocycles. The van der Waals surface area contributed by atoms with Crippen molar-refractivity contribution in [1.29, 1.82) is 0 Å². The van der Waals surface area contributed by atoms with Gasteiger partial charge in [0.2, 0.25) is 0 Å². The summed E-state index contributed by atoms with van der Waals surface area (Å²) in [5.41, 5.74) is 2.02.